The second-order valence-electron chi connectivity index (χ2n) is 5.40. The molecule has 2 N–H and O–H groups in total. The van der Waals surface area contributed by atoms with Crippen LogP contribution in [0.1, 0.15) is 31.3 Å². The van der Waals surface area contributed by atoms with Gasteiger partial charge in [0.05, 0.1) is 0 Å². The van der Waals surface area contributed by atoms with Crippen LogP contribution in [0.2, 0.25) is 0 Å². The van der Waals surface area contributed by atoms with Crippen LogP contribution in [0.5, 0.6) is 0 Å². The monoisotopic (exact) mass is 329 g/mol. The van der Waals surface area contributed by atoms with Crippen molar-refractivity contribution < 1.29 is 19.1 Å². The molecule has 1 aromatic rings. The number of Topliss-reactive ketones (excluding diaryl/α,β-unsaturated/α-hetero) is 1. The van der Waals surface area contributed by atoms with Gasteiger partial charge in [-0.3, -0.25) is 29.5 Å². The van der Waals surface area contributed by atoms with Gasteiger partial charge in [0.15, 0.2) is 6.61 Å². The van der Waals surface area contributed by atoms with Gasteiger partial charge in [0.2, 0.25) is 17.6 Å². The summed E-state index contributed by atoms with van der Waals surface area (Å²) >= 11 is 5.23. The SMILES string of the molecule is CC(C)(C)C(=O)Nc1nc(C(=O)COC(=O)CCl)cc(=O)[nH]1. The first kappa shape index (κ1) is 17.8. The number of alkyl halides is 1. The lowest BCUT2D eigenvalue weighted by Crippen LogP contribution is -2.30. The van der Waals surface area contributed by atoms with Gasteiger partial charge in [-0.05, 0) is 0 Å². The van der Waals surface area contributed by atoms with E-state index in [1.165, 1.54) is 0 Å². The zero-order valence-electron chi connectivity index (χ0n) is 12.4. The molecule has 0 saturated carbocycles. The van der Waals surface area contributed by atoms with Gasteiger partial charge in [0.25, 0.3) is 5.56 Å². The molecule has 1 aromatic heterocycles. The number of nitrogens with zero attached hydrogens (tertiary/aromatic N) is 1. The number of anilines is 1. The van der Waals surface area contributed by atoms with Gasteiger partial charge in [-0.1, -0.05) is 20.8 Å². The predicted octanol–water partition coefficient (Wildman–Crippen LogP) is 0.719. The molecule has 0 atom stereocenters. The number of nitrogens with one attached hydrogen (secondary N) is 2. The molecule has 120 valence electrons. The van der Waals surface area contributed by atoms with Crippen molar-refractivity contribution in [1.82, 2.24) is 9.97 Å². The zero-order chi connectivity index (χ0) is 16.9. The number of hydrogen-bond acceptors (Lipinski definition) is 6. The van der Waals surface area contributed by atoms with Crippen LogP contribution in [0.3, 0.4) is 0 Å². The Morgan fingerprint density at radius 3 is 2.55 bits per heavy atom. The van der Waals surface area contributed by atoms with Gasteiger partial charge >= 0.3 is 5.97 Å². The van der Waals surface area contributed by atoms with E-state index >= 15 is 0 Å². The second-order valence-corrected chi connectivity index (χ2v) is 5.67. The lowest BCUT2D eigenvalue weighted by atomic mass is 9.96. The van der Waals surface area contributed by atoms with Crippen LogP contribution in [0.4, 0.5) is 5.95 Å². The molecular formula is C13H16ClN3O5. The fraction of sp³-hybridized carbons (Fsp3) is 0.462. The van der Waals surface area contributed by atoms with Crippen LogP contribution in [0.25, 0.3) is 0 Å². The van der Waals surface area contributed by atoms with Crippen LogP contribution in [-0.2, 0) is 14.3 Å². The van der Waals surface area contributed by atoms with Gasteiger partial charge in [-0.2, -0.15) is 0 Å². The zero-order valence-corrected chi connectivity index (χ0v) is 13.1. The number of amides is 1. The average Bonchev–Trinajstić information content (AvgIpc) is 2.42. The number of esters is 1. The molecule has 0 aliphatic carbocycles. The van der Waals surface area contributed by atoms with E-state index in [-0.39, 0.29) is 23.4 Å². The number of ketones is 1. The quantitative estimate of drug-likeness (QED) is 0.467. The Morgan fingerprint density at radius 2 is 2.00 bits per heavy atom. The number of rotatable bonds is 5. The molecule has 1 heterocycles. The molecule has 9 heteroatoms. The molecule has 0 aromatic carbocycles. The number of hydrogen-bond donors (Lipinski definition) is 2. The maximum atomic E-state index is 11.8. The van der Waals surface area contributed by atoms with Crippen LogP contribution >= 0.6 is 11.6 Å². The number of halogens is 1. The molecule has 0 bridgehead atoms. The molecule has 8 nitrogen and oxygen atoms in total. The molecule has 0 radical (unpaired) electrons. The average molecular weight is 330 g/mol. The van der Waals surface area contributed by atoms with Crippen molar-refractivity contribution in [1.29, 1.82) is 0 Å². The number of aromatic nitrogens is 2. The molecule has 0 fully saturated rings. The van der Waals surface area contributed by atoms with Crippen molar-refractivity contribution in [2.24, 2.45) is 5.41 Å². The first-order valence-electron chi connectivity index (χ1n) is 6.31. The van der Waals surface area contributed by atoms with Crippen molar-refractivity contribution >= 4 is 35.2 Å². The van der Waals surface area contributed by atoms with Crippen molar-refractivity contribution in [2.75, 3.05) is 17.8 Å². The summed E-state index contributed by atoms with van der Waals surface area (Å²) in [5.74, 6) is -2.37. The molecule has 0 unspecified atom stereocenters. The number of aromatic amines is 1. The smallest absolute Gasteiger partial charge is 0.321 e. The molecule has 0 spiro atoms. The summed E-state index contributed by atoms with van der Waals surface area (Å²) in [5, 5.41) is 2.41. The minimum Gasteiger partial charge on any atom is -0.456 e. The highest BCUT2D eigenvalue weighted by Crippen LogP contribution is 2.15. The lowest BCUT2D eigenvalue weighted by Gasteiger charge is -2.16. The minimum atomic E-state index is -0.763. The summed E-state index contributed by atoms with van der Waals surface area (Å²) < 4.78 is 4.56. The molecule has 0 aliphatic heterocycles. The minimum absolute atomic E-state index is 0.153. The topological polar surface area (TPSA) is 118 Å². The van der Waals surface area contributed by atoms with Crippen molar-refractivity contribution in [3.63, 3.8) is 0 Å². The number of carbonyl (C=O) groups is 3. The van der Waals surface area contributed by atoms with Crippen molar-refractivity contribution in [3.8, 4) is 0 Å². The van der Waals surface area contributed by atoms with E-state index < -0.39 is 29.3 Å². The van der Waals surface area contributed by atoms with Crippen molar-refractivity contribution in [2.45, 2.75) is 20.8 Å². The van der Waals surface area contributed by atoms with Crippen LogP contribution in [0, 0.1) is 5.41 Å². The van der Waals surface area contributed by atoms with Crippen molar-refractivity contribution in [3.05, 3.63) is 22.1 Å². The van der Waals surface area contributed by atoms with Crippen LogP contribution in [-0.4, -0.2) is 40.1 Å². The largest absolute Gasteiger partial charge is 0.456 e. The fourth-order valence-electron chi connectivity index (χ4n) is 1.21. The van der Waals surface area contributed by atoms with Crippen LogP contribution < -0.4 is 10.9 Å². The molecular weight excluding hydrogens is 314 g/mol. The Balaban J connectivity index is 2.90. The maximum Gasteiger partial charge on any atom is 0.321 e. The van der Waals surface area contributed by atoms with E-state index in [0.29, 0.717) is 0 Å². The summed E-state index contributed by atoms with van der Waals surface area (Å²) in [4.78, 5) is 52.2. The molecule has 0 aliphatic rings. The summed E-state index contributed by atoms with van der Waals surface area (Å²) in [6.07, 6.45) is 0. The second kappa shape index (κ2) is 7.17. The van der Waals surface area contributed by atoms with Gasteiger partial charge in [-0.15, -0.1) is 11.6 Å². The van der Waals surface area contributed by atoms with E-state index in [0.717, 1.165) is 6.07 Å². The standard InChI is InChI=1S/C13H16ClN3O5/c1-13(2,3)11(21)17-12-15-7(4-9(19)16-12)8(18)6-22-10(20)5-14/h4H,5-6H2,1-3H3,(H2,15,16,17,19,21). The first-order chi connectivity index (χ1) is 10.1. The van der Waals surface area contributed by atoms with Gasteiger partial charge in [0.1, 0.15) is 11.6 Å². The third-order valence-electron chi connectivity index (χ3n) is 2.41. The van der Waals surface area contributed by atoms with Gasteiger partial charge in [-0.25, -0.2) is 4.98 Å². The fourth-order valence-corrected chi connectivity index (χ4v) is 1.29. The van der Waals surface area contributed by atoms with E-state index in [1.54, 1.807) is 20.8 Å². The van der Waals surface area contributed by atoms with Gasteiger partial charge < -0.3 is 4.74 Å². The Morgan fingerprint density at radius 1 is 1.36 bits per heavy atom. The number of ether oxygens (including phenoxy) is 1. The highest BCUT2D eigenvalue weighted by atomic mass is 35.5. The molecule has 22 heavy (non-hydrogen) atoms. The molecule has 1 rings (SSSR count). The molecule has 0 saturated heterocycles. The number of H-pyrrole nitrogens is 1. The molecule has 1 amide bonds. The normalized spacial score (nSPS) is 10.9. The summed E-state index contributed by atoms with van der Waals surface area (Å²) in [5.41, 5.74) is -1.55. The summed E-state index contributed by atoms with van der Waals surface area (Å²) in [7, 11) is 0. The first-order valence-corrected chi connectivity index (χ1v) is 6.84. The highest BCUT2D eigenvalue weighted by Gasteiger charge is 2.22. The summed E-state index contributed by atoms with van der Waals surface area (Å²) in [6, 6.07) is 0.948. The van der Waals surface area contributed by atoms with E-state index in [9.17, 15) is 19.2 Å². The van der Waals surface area contributed by atoms with E-state index in [1.807, 2.05) is 0 Å². The Labute approximate surface area is 131 Å². The van der Waals surface area contributed by atoms with Crippen LogP contribution in [0.15, 0.2) is 10.9 Å². The van der Waals surface area contributed by atoms with Gasteiger partial charge in [0, 0.05) is 11.5 Å². The number of carbonyl (C=O) groups excluding carboxylic acids is 3. The van der Waals surface area contributed by atoms with E-state index in [4.69, 9.17) is 11.6 Å². The third-order valence-corrected chi connectivity index (χ3v) is 2.63. The Hall–Kier alpha value is -2.22. The highest BCUT2D eigenvalue weighted by molar-refractivity contribution is 6.26. The third kappa shape index (κ3) is 5.28. The predicted molar refractivity (Wildman–Crippen MR) is 79.0 cm³/mol. The Bertz CT molecular complexity index is 648. The maximum absolute atomic E-state index is 11.8. The lowest BCUT2D eigenvalue weighted by molar-refractivity contribution is -0.139. The summed E-state index contributed by atoms with van der Waals surface area (Å²) in [6.45, 7) is 4.46. The Kier molecular flexibility index (Phi) is 5.81. The van der Waals surface area contributed by atoms with E-state index in [2.05, 4.69) is 20.0 Å².